The number of thioether (sulfide) groups is 1. The summed E-state index contributed by atoms with van der Waals surface area (Å²) in [7, 11) is 0. The van der Waals surface area contributed by atoms with Crippen LogP contribution in [-0.4, -0.2) is 22.9 Å². The van der Waals surface area contributed by atoms with Gasteiger partial charge in [-0.2, -0.15) is 0 Å². The Bertz CT molecular complexity index is 194. The molecule has 13 heavy (non-hydrogen) atoms. The van der Waals surface area contributed by atoms with Crippen molar-refractivity contribution in [2.24, 2.45) is 11.7 Å². The number of hydrogen-bond donors (Lipinski definition) is 2. The lowest BCUT2D eigenvalue weighted by atomic mass is 9.99. The second-order valence-corrected chi connectivity index (χ2v) is 4.46. The standard InChI is InChI=1S/C9H17NO2S/c1-4-13-7(3)5-6(2)8(10)9(11)12/h6,8H,3-5,10H2,1-2H3,(H,11,12). The summed E-state index contributed by atoms with van der Waals surface area (Å²) in [4.78, 5) is 11.5. The van der Waals surface area contributed by atoms with Crippen molar-refractivity contribution in [3.05, 3.63) is 11.5 Å². The fourth-order valence-corrected chi connectivity index (χ4v) is 1.78. The largest absolute Gasteiger partial charge is 0.480 e. The first kappa shape index (κ1) is 12.5. The van der Waals surface area contributed by atoms with E-state index in [9.17, 15) is 4.79 Å². The Kier molecular flexibility index (Phi) is 5.82. The molecule has 3 nitrogen and oxygen atoms in total. The van der Waals surface area contributed by atoms with Gasteiger partial charge in [0, 0.05) is 0 Å². The van der Waals surface area contributed by atoms with Gasteiger partial charge in [0.15, 0.2) is 0 Å². The van der Waals surface area contributed by atoms with Crippen molar-refractivity contribution in [2.75, 3.05) is 5.75 Å². The van der Waals surface area contributed by atoms with E-state index in [1.807, 2.05) is 13.8 Å². The zero-order valence-electron chi connectivity index (χ0n) is 8.12. The van der Waals surface area contributed by atoms with Crippen LogP contribution < -0.4 is 5.73 Å². The Morgan fingerprint density at radius 1 is 1.69 bits per heavy atom. The van der Waals surface area contributed by atoms with Crippen molar-refractivity contribution in [2.45, 2.75) is 26.3 Å². The van der Waals surface area contributed by atoms with E-state index in [1.54, 1.807) is 11.8 Å². The zero-order chi connectivity index (χ0) is 10.4. The highest BCUT2D eigenvalue weighted by Gasteiger charge is 2.20. The van der Waals surface area contributed by atoms with Crippen LogP contribution in [-0.2, 0) is 4.79 Å². The lowest BCUT2D eigenvalue weighted by molar-refractivity contribution is -0.139. The maximum absolute atomic E-state index is 10.5. The van der Waals surface area contributed by atoms with Gasteiger partial charge in [0.2, 0.25) is 0 Å². The first-order valence-electron chi connectivity index (χ1n) is 4.28. The molecule has 0 spiro atoms. The predicted octanol–water partition coefficient (Wildman–Crippen LogP) is 1.69. The number of rotatable bonds is 6. The molecular formula is C9H17NO2S. The number of allylic oxidation sites excluding steroid dienone is 1. The molecule has 0 aliphatic rings. The van der Waals surface area contributed by atoms with Crippen LogP contribution >= 0.6 is 11.8 Å². The van der Waals surface area contributed by atoms with Crippen molar-refractivity contribution >= 4 is 17.7 Å². The van der Waals surface area contributed by atoms with Crippen LogP contribution in [0.2, 0.25) is 0 Å². The van der Waals surface area contributed by atoms with Crippen LogP contribution in [0.5, 0.6) is 0 Å². The summed E-state index contributed by atoms with van der Waals surface area (Å²) >= 11 is 1.65. The van der Waals surface area contributed by atoms with Crippen molar-refractivity contribution in [3.8, 4) is 0 Å². The van der Waals surface area contributed by atoms with Gasteiger partial charge in [0.1, 0.15) is 6.04 Å². The van der Waals surface area contributed by atoms with Crippen molar-refractivity contribution < 1.29 is 9.90 Å². The monoisotopic (exact) mass is 203 g/mol. The third-order valence-corrected chi connectivity index (χ3v) is 2.66. The van der Waals surface area contributed by atoms with Crippen LogP contribution in [0.25, 0.3) is 0 Å². The van der Waals surface area contributed by atoms with Crippen molar-refractivity contribution in [1.29, 1.82) is 0 Å². The minimum Gasteiger partial charge on any atom is -0.480 e. The second-order valence-electron chi connectivity index (χ2n) is 3.02. The molecule has 0 heterocycles. The molecule has 76 valence electrons. The Morgan fingerprint density at radius 3 is 2.62 bits per heavy atom. The minimum absolute atomic E-state index is 0.0518. The highest BCUT2D eigenvalue weighted by atomic mass is 32.2. The Balaban J connectivity index is 3.92. The molecule has 4 heteroatoms. The van der Waals surface area contributed by atoms with Gasteiger partial charge < -0.3 is 10.8 Å². The van der Waals surface area contributed by atoms with Crippen LogP contribution in [0.3, 0.4) is 0 Å². The third-order valence-electron chi connectivity index (χ3n) is 1.80. The first-order chi connectivity index (χ1) is 5.99. The van der Waals surface area contributed by atoms with Crippen molar-refractivity contribution in [3.63, 3.8) is 0 Å². The fourth-order valence-electron chi connectivity index (χ4n) is 0.993. The molecule has 0 aliphatic heterocycles. The van der Waals surface area contributed by atoms with Gasteiger partial charge in [0.05, 0.1) is 0 Å². The number of carbonyl (C=O) groups is 1. The van der Waals surface area contributed by atoms with E-state index >= 15 is 0 Å². The highest BCUT2D eigenvalue weighted by molar-refractivity contribution is 8.03. The summed E-state index contributed by atoms with van der Waals surface area (Å²) in [6, 6.07) is -0.783. The number of carboxylic acid groups (broad SMARTS) is 1. The number of nitrogens with two attached hydrogens (primary N) is 1. The summed E-state index contributed by atoms with van der Waals surface area (Å²) in [6.07, 6.45) is 0.673. The molecule has 0 aromatic rings. The molecule has 0 rings (SSSR count). The molecule has 3 N–H and O–H groups in total. The Labute approximate surface area is 83.4 Å². The smallest absolute Gasteiger partial charge is 0.320 e. The van der Waals surface area contributed by atoms with Gasteiger partial charge in [-0.1, -0.05) is 20.4 Å². The predicted molar refractivity (Wildman–Crippen MR) is 56.7 cm³/mol. The molecule has 0 saturated carbocycles. The van der Waals surface area contributed by atoms with Gasteiger partial charge in [-0.3, -0.25) is 4.79 Å². The van der Waals surface area contributed by atoms with Crippen LogP contribution in [0, 0.1) is 5.92 Å². The quantitative estimate of drug-likeness (QED) is 0.689. The van der Waals surface area contributed by atoms with Gasteiger partial charge >= 0.3 is 5.97 Å². The van der Waals surface area contributed by atoms with E-state index in [0.29, 0.717) is 6.42 Å². The topological polar surface area (TPSA) is 63.3 Å². The first-order valence-corrected chi connectivity index (χ1v) is 5.26. The second kappa shape index (κ2) is 6.05. The molecule has 2 unspecified atom stereocenters. The van der Waals surface area contributed by atoms with Gasteiger partial charge in [0.25, 0.3) is 0 Å². The zero-order valence-corrected chi connectivity index (χ0v) is 8.93. The van der Waals surface area contributed by atoms with Crippen LogP contribution in [0.1, 0.15) is 20.3 Å². The molecular weight excluding hydrogens is 186 g/mol. The Hall–Kier alpha value is -0.480. The molecule has 0 amide bonds. The maximum Gasteiger partial charge on any atom is 0.320 e. The Morgan fingerprint density at radius 2 is 2.23 bits per heavy atom. The van der Waals surface area contributed by atoms with Crippen molar-refractivity contribution in [1.82, 2.24) is 0 Å². The van der Waals surface area contributed by atoms with Gasteiger partial charge in [-0.05, 0) is 23.0 Å². The van der Waals surface area contributed by atoms with Gasteiger partial charge in [-0.15, -0.1) is 11.8 Å². The summed E-state index contributed by atoms with van der Waals surface area (Å²) < 4.78 is 0. The number of hydrogen-bond acceptors (Lipinski definition) is 3. The maximum atomic E-state index is 10.5. The van der Waals surface area contributed by atoms with E-state index < -0.39 is 12.0 Å². The van der Waals surface area contributed by atoms with E-state index in [1.165, 1.54) is 0 Å². The molecule has 0 aliphatic carbocycles. The van der Waals surface area contributed by atoms with E-state index in [2.05, 4.69) is 6.58 Å². The summed E-state index contributed by atoms with van der Waals surface area (Å²) in [6.45, 7) is 7.71. The van der Waals surface area contributed by atoms with E-state index in [-0.39, 0.29) is 5.92 Å². The summed E-state index contributed by atoms with van der Waals surface area (Å²) in [5.74, 6) is -0.0285. The van der Waals surface area contributed by atoms with E-state index in [4.69, 9.17) is 10.8 Å². The summed E-state index contributed by atoms with van der Waals surface area (Å²) in [5.41, 5.74) is 5.45. The molecule has 0 radical (unpaired) electrons. The molecule has 0 bridgehead atoms. The molecule has 0 aromatic carbocycles. The average Bonchev–Trinajstić information content (AvgIpc) is 2.03. The SMILES string of the molecule is C=C(CC(C)C(N)C(=O)O)SCC. The molecule has 0 aromatic heterocycles. The van der Waals surface area contributed by atoms with Crippen LogP contribution in [0.15, 0.2) is 11.5 Å². The molecule has 0 saturated heterocycles. The summed E-state index contributed by atoms with van der Waals surface area (Å²) in [5, 5.41) is 8.63. The normalized spacial score (nSPS) is 15.0. The lowest BCUT2D eigenvalue weighted by Gasteiger charge is -2.16. The molecule has 0 fully saturated rings. The average molecular weight is 203 g/mol. The molecule has 2 atom stereocenters. The number of carboxylic acids is 1. The van der Waals surface area contributed by atoms with Gasteiger partial charge in [-0.25, -0.2) is 0 Å². The van der Waals surface area contributed by atoms with Crippen LogP contribution in [0.4, 0.5) is 0 Å². The third kappa shape index (κ3) is 4.95. The lowest BCUT2D eigenvalue weighted by Crippen LogP contribution is -2.36. The fraction of sp³-hybridized carbons (Fsp3) is 0.667. The van der Waals surface area contributed by atoms with E-state index in [0.717, 1.165) is 10.7 Å². The number of aliphatic carboxylic acids is 1. The highest BCUT2D eigenvalue weighted by Crippen LogP contribution is 2.22. The minimum atomic E-state index is -0.943.